The van der Waals surface area contributed by atoms with E-state index in [9.17, 15) is 14.4 Å². The minimum Gasteiger partial charge on any atom is -0.463 e. The number of thioether (sulfide) groups is 1. The van der Waals surface area contributed by atoms with Crippen LogP contribution in [0.4, 0.5) is 0 Å². The smallest absolute Gasteiger partial charge is 0.303 e. The van der Waals surface area contributed by atoms with Crippen molar-refractivity contribution in [3.8, 4) is 0 Å². The van der Waals surface area contributed by atoms with E-state index < -0.39 is 47.7 Å². The van der Waals surface area contributed by atoms with Crippen LogP contribution in [0.2, 0.25) is 0 Å². The minimum atomic E-state index is -1.12. The van der Waals surface area contributed by atoms with E-state index in [1.54, 1.807) is 0 Å². The van der Waals surface area contributed by atoms with E-state index in [-0.39, 0.29) is 6.61 Å². The molecule has 162 valence electrons. The number of benzene rings is 1. The van der Waals surface area contributed by atoms with Gasteiger partial charge in [-0.1, -0.05) is 22.9 Å². The molecule has 0 aromatic heterocycles. The predicted molar refractivity (Wildman–Crippen MR) is 114 cm³/mol. The molecular weight excluding hydrogens is 529 g/mol. The lowest BCUT2D eigenvalue weighted by molar-refractivity contribution is -0.201. The molecule has 0 aliphatic carbocycles. The molecule has 2 rings (SSSR count). The molecule has 30 heavy (non-hydrogen) atoms. The summed E-state index contributed by atoms with van der Waals surface area (Å²) in [5.41, 5.74) is 8.27. The minimum absolute atomic E-state index is 0.235. The summed E-state index contributed by atoms with van der Waals surface area (Å²) in [5, 5.41) is 3.73. The first-order valence-corrected chi connectivity index (χ1v) is 10.8. The first-order valence-electron chi connectivity index (χ1n) is 8.81. The van der Waals surface area contributed by atoms with Crippen LogP contribution in [0.25, 0.3) is 10.4 Å². The molecule has 0 saturated carbocycles. The summed E-state index contributed by atoms with van der Waals surface area (Å²) in [5.74, 6) is -1.82. The number of nitrogens with zero attached hydrogens (tertiary/aromatic N) is 3. The topological polar surface area (TPSA) is 137 Å². The number of hydrogen-bond acceptors (Lipinski definition) is 9. The molecular formula is C18H20IN3O7S. The third-order valence-corrected chi connectivity index (χ3v) is 5.71. The van der Waals surface area contributed by atoms with Crippen LogP contribution in [-0.4, -0.2) is 54.3 Å². The number of halogens is 1. The van der Waals surface area contributed by atoms with Crippen molar-refractivity contribution in [3.05, 3.63) is 38.3 Å². The van der Waals surface area contributed by atoms with Crippen molar-refractivity contribution in [2.75, 3.05) is 6.61 Å². The maximum atomic E-state index is 11.7. The summed E-state index contributed by atoms with van der Waals surface area (Å²) in [4.78, 5) is 38.3. The van der Waals surface area contributed by atoms with Crippen molar-refractivity contribution in [2.45, 2.75) is 55.5 Å². The summed E-state index contributed by atoms with van der Waals surface area (Å²) in [6.45, 7) is 3.39. The molecule has 10 nitrogen and oxygen atoms in total. The van der Waals surface area contributed by atoms with Crippen molar-refractivity contribution < 1.29 is 33.3 Å². The molecule has 0 unspecified atom stereocenters. The predicted octanol–water partition coefficient (Wildman–Crippen LogP) is 3.21. The second kappa shape index (κ2) is 11.4. The van der Waals surface area contributed by atoms with Crippen LogP contribution >= 0.6 is 34.4 Å². The van der Waals surface area contributed by atoms with Crippen molar-refractivity contribution in [1.29, 1.82) is 0 Å². The maximum absolute atomic E-state index is 11.7. The lowest BCUT2D eigenvalue weighted by atomic mass is 9.97. The zero-order valence-electron chi connectivity index (χ0n) is 16.4. The average Bonchev–Trinajstić information content (AvgIpc) is 2.64. The van der Waals surface area contributed by atoms with E-state index >= 15 is 0 Å². The third-order valence-electron chi connectivity index (χ3n) is 3.91. The average molecular weight is 549 g/mol. The van der Waals surface area contributed by atoms with Gasteiger partial charge >= 0.3 is 17.9 Å². The number of carbonyl (C=O) groups excluding carboxylic acids is 3. The largest absolute Gasteiger partial charge is 0.463 e. The first-order chi connectivity index (χ1) is 14.2. The highest BCUT2D eigenvalue weighted by molar-refractivity contribution is 14.1. The van der Waals surface area contributed by atoms with E-state index in [2.05, 4.69) is 32.6 Å². The van der Waals surface area contributed by atoms with E-state index in [4.69, 9.17) is 24.5 Å². The second-order valence-corrected chi connectivity index (χ2v) is 8.68. The molecule has 0 radical (unpaired) electrons. The fraction of sp³-hybridized carbons (Fsp3) is 0.500. The molecule has 12 heteroatoms. The summed E-state index contributed by atoms with van der Waals surface area (Å²) in [6, 6.07) is 6.44. The van der Waals surface area contributed by atoms with Gasteiger partial charge in [0.2, 0.25) is 0 Å². The van der Waals surface area contributed by atoms with Gasteiger partial charge in [0.05, 0.1) is 0 Å². The Kier molecular flexibility index (Phi) is 9.21. The van der Waals surface area contributed by atoms with Gasteiger partial charge in [-0.25, -0.2) is 0 Å². The van der Waals surface area contributed by atoms with Crippen molar-refractivity contribution in [2.24, 2.45) is 5.11 Å². The van der Waals surface area contributed by atoms with Gasteiger partial charge in [0.1, 0.15) is 36.4 Å². The molecule has 0 amide bonds. The highest BCUT2D eigenvalue weighted by atomic mass is 127. The Hall–Kier alpha value is -2.02. The Morgan fingerprint density at radius 2 is 1.83 bits per heavy atom. The van der Waals surface area contributed by atoms with E-state index in [1.807, 2.05) is 24.3 Å². The van der Waals surface area contributed by atoms with Gasteiger partial charge in [-0.2, -0.15) is 0 Å². The van der Waals surface area contributed by atoms with Gasteiger partial charge in [-0.3, -0.25) is 14.4 Å². The number of rotatable bonds is 7. The Bertz CT molecular complexity index is 849. The normalized spacial score (nSPS) is 25.5. The zero-order chi connectivity index (χ0) is 22.3. The van der Waals surface area contributed by atoms with E-state index in [1.165, 1.54) is 32.5 Å². The molecule has 0 spiro atoms. The van der Waals surface area contributed by atoms with Crippen molar-refractivity contribution in [1.82, 2.24) is 0 Å². The summed E-state index contributed by atoms with van der Waals surface area (Å²) in [7, 11) is 0. The van der Waals surface area contributed by atoms with Crippen LogP contribution in [-0.2, 0) is 33.3 Å². The maximum Gasteiger partial charge on any atom is 0.303 e. The van der Waals surface area contributed by atoms with Crippen molar-refractivity contribution in [3.63, 3.8) is 0 Å². The van der Waals surface area contributed by atoms with Gasteiger partial charge in [0.15, 0.2) is 0 Å². The second-order valence-electron chi connectivity index (χ2n) is 6.26. The van der Waals surface area contributed by atoms with E-state index in [0.717, 1.165) is 8.47 Å². The van der Waals surface area contributed by atoms with Crippen LogP contribution in [0.15, 0.2) is 34.3 Å². The molecule has 0 bridgehead atoms. The highest BCUT2D eigenvalue weighted by Gasteiger charge is 2.50. The monoisotopic (exact) mass is 549 g/mol. The van der Waals surface area contributed by atoms with Crippen LogP contribution in [0.5, 0.6) is 0 Å². The van der Waals surface area contributed by atoms with Gasteiger partial charge in [0.25, 0.3) is 0 Å². The van der Waals surface area contributed by atoms with Crippen LogP contribution in [0.1, 0.15) is 20.8 Å². The fourth-order valence-corrected chi connectivity index (χ4v) is 4.77. The fourth-order valence-electron chi connectivity index (χ4n) is 2.84. The number of carbonyl (C=O) groups is 3. The van der Waals surface area contributed by atoms with Gasteiger partial charge in [-0.05, 0) is 46.3 Å². The molecule has 0 N–H and O–H groups in total. The summed E-state index contributed by atoms with van der Waals surface area (Å²) in [6.07, 6.45) is -3.09. The van der Waals surface area contributed by atoms with Crippen LogP contribution in [0.3, 0.4) is 0 Å². The first kappa shape index (κ1) is 24.3. The van der Waals surface area contributed by atoms with Crippen LogP contribution < -0.4 is 0 Å². The Balaban J connectivity index is 2.43. The molecule has 1 aromatic carbocycles. The van der Waals surface area contributed by atoms with E-state index in [0.29, 0.717) is 0 Å². The number of ether oxygens (including phenoxy) is 4. The lowest BCUT2D eigenvalue weighted by Gasteiger charge is -2.43. The Morgan fingerprint density at radius 3 is 2.40 bits per heavy atom. The van der Waals surface area contributed by atoms with Gasteiger partial charge < -0.3 is 18.9 Å². The number of azide groups is 1. The molecule has 1 saturated heterocycles. The molecule has 1 aromatic rings. The molecule has 1 aliphatic rings. The molecule has 5 atom stereocenters. The quantitative estimate of drug-likeness (QED) is 0.126. The molecule has 1 aliphatic heterocycles. The molecule has 1 fully saturated rings. The standard InChI is InChI=1S/C18H20IN3O7S/c1-9(23)26-8-14-16(27-10(2)24)15(21-22-20)17(28-11(3)25)18(29-14)30-13-6-4-5-12(19)7-13/h4-7,14-18H,8H2,1-3H3/t14-,15+,16+,17-,18-/m1/s1. The van der Waals surface area contributed by atoms with Crippen molar-refractivity contribution >= 4 is 52.3 Å². The summed E-state index contributed by atoms with van der Waals surface area (Å²) < 4.78 is 22.8. The SMILES string of the molecule is CC(=O)OC[C@H]1O[C@H](Sc2cccc(I)c2)[C@H](OC(C)=O)[C@@H](N=[N+]=[N-])[C@H]1OC(C)=O. The lowest BCUT2D eigenvalue weighted by Crippen LogP contribution is -2.59. The third kappa shape index (κ3) is 7.04. The molecule has 1 heterocycles. The number of esters is 3. The number of hydrogen-bond donors (Lipinski definition) is 0. The Morgan fingerprint density at radius 1 is 1.17 bits per heavy atom. The summed E-state index contributed by atoms with van der Waals surface area (Å²) >= 11 is 3.41. The van der Waals surface area contributed by atoms with Gasteiger partial charge in [-0.15, -0.1) is 0 Å². The highest BCUT2D eigenvalue weighted by Crippen LogP contribution is 2.37. The van der Waals surface area contributed by atoms with Crippen LogP contribution in [0, 0.1) is 3.57 Å². The van der Waals surface area contributed by atoms with Gasteiger partial charge in [0, 0.05) is 34.1 Å². The Labute approximate surface area is 190 Å². The zero-order valence-corrected chi connectivity index (χ0v) is 19.4.